The van der Waals surface area contributed by atoms with Gasteiger partial charge >= 0.3 is 6.03 Å². The molecule has 0 aliphatic rings. The van der Waals surface area contributed by atoms with E-state index in [4.69, 9.17) is 34.8 Å². The summed E-state index contributed by atoms with van der Waals surface area (Å²) in [5.41, 5.74) is 1.15. The van der Waals surface area contributed by atoms with E-state index in [1.54, 1.807) is 12.1 Å². The molecule has 98 valence electrons. The molecule has 0 aliphatic carbocycles. The predicted molar refractivity (Wildman–Crippen MR) is 80.6 cm³/mol. The minimum atomic E-state index is -0.388. The number of carbonyl (C=O) groups is 1. The smallest absolute Gasteiger partial charge is 0.308 e. The van der Waals surface area contributed by atoms with Crippen molar-refractivity contribution >= 4 is 52.2 Å². The summed E-state index contributed by atoms with van der Waals surface area (Å²) in [6.07, 6.45) is 0. The van der Waals surface area contributed by atoms with Crippen LogP contribution < -0.4 is 10.6 Å². The number of anilines is 2. The van der Waals surface area contributed by atoms with Crippen molar-refractivity contribution in [2.24, 2.45) is 0 Å². The van der Waals surface area contributed by atoms with Crippen molar-refractivity contribution in [3.05, 3.63) is 57.5 Å². The van der Waals surface area contributed by atoms with Crippen LogP contribution in [0.25, 0.3) is 0 Å². The maximum atomic E-state index is 11.7. The molecule has 0 unspecified atom stereocenters. The first-order chi connectivity index (χ1) is 9.06. The standard InChI is InChI=1S/C13H9Cl3N2O/c14-10-6-9(7-11(15)12(10)16)18-13(19)17-8-4-2-1-3-5-8/h1-7H,(H2,17,18,19). The van der Waals surface area contributed by atoms with Gasteiger partial charge in [-0.05, 0) is 24.3 Å². The Bertz CT molecular complexity index is 579. The van der Waals surface area contributed by atoms with Gasteiger partial charge in [0.15, 0.2) is 0 Å². The van der Waals surface area contributed by atoms with Crippen LogP contribution in [-0.2, 0) is 0 Å². The van der Waals surface area contributed by atoms with Crippen molar-refractivity contribution in [2.45, 2.75) is 0 Å². The Balaban J connectivity index is 2.07. The van der Waals surface area contributed by atoms with Crippen LogP contribution in [0.2, 0.25) is 15.1 Å². The molecule has 0 heterocycles. The number of benzene rings is 2. The van der Waals surface area contributed by atoms with E-state index in [1.165, 1.54) is 12.1 Å². The highest BCUT2D eigenvalue weighted by molar-refractivity contribution is 6.48. The lowest BCUT2D eigenvalue weighted by Crippen LogP contribution is -2.19. The Morgan fingerprint density at radius 1 is 0.842 bits per heavy atom. The van der Waals surface area contributed by atoms with Crippen LogP contribution in [0.1, 0.15) is 0 Å². The molecule has 6 heteroatoms. The lowest BCUT2D eigenvalue weighted by Gasteiger charge is -2.09. The fourth-order valence-electron chi connectivity index (χ4n) is 1.44. The summed E-state index contributed by atoms with van der Waals surface area (Å²) < 4.78 is 0. The summed E-state index contributed by atoms with van der Waals surface area (Å²) in [6, 6.07) is 11.7. The first-order valence-electron chi connectivity index (χ1n) is 5.34. The van der Waals surface area contributed by atoms with Gasteiger partial charge in [-0.1, -0.05) is 53.0 Å². The second-order valence-corrected chi connectivity index (χ2v) is 4.89. The zero-order valence-electron chi connectivity index (χ0n) is 9.58. The van der Waals surface area contributed by atoms with E-state index < -0.39 is 0 Å². The SMILES string of the molecule is O=C(Nc1ccccc1)Nc1cc(Cl)c(Cl)c(Cl)c1. The number of hydrogen-bond donors (Lipinski definition) is 2. The minimum Gasteiger partial charge on any atom is -0.308 e. The van der Waals surface area contributed by atoms with E-state index in [0.29, 0.717) is 11.4 Å². The maximum absolute atomic E-state index is 11.7. The van der Waals surface area contributed by atoms with Gasteiger partial charge in [0.1, 0.15) is 0 Å². The lowest BCUT2D eigenvalue weighted by atomic mass is 10.3. The van der Waals surface area contributed by atoms with Crippen molar-refractivity contribution in [1.29, 1.82) is 0 Å². The average molecular weight is 316 g/mol. The van der Waals surface area contributed by atoms with Crippen molar-refractivity contribution < 1.29 is 4.79 Å². The predicted octanol–water partition coefficient (Wildman–Crippen LogP) is 5.29. The molecule has 0 fully saturated rings. The number of halogens is 3. The Labute approximate surface area is 125 Å². The summed E-state index contributed by atoms with van der Waals surface area (Å²) in [6.45, 7) is 0. The first-order valence-corrected chi connectivity index (χ1v) is 6.47. The summed E-state index contributed by atoms with van der Waals surface area (Å²) in [7, 11) is 0. The van der Waals surface area contributed by atoms with E-state index in [2.05, 4.69) is 10.6 Å². The summed E-state index contributed by atoms with van der Waals surface area (Å²) in [5, 5.41) is 6.12. The van der Waals surface area contributed by atoms with E-state index in [-0.39, 0.29) is 21.1 Å². The number of carbonyl (C=O) groups excluding carboxylic acids is 1. The van der Waals surface area contributed by atoms with Gasteiger partial charge in [-0.3, -0.25) is 0 Å². The molecule has 3 nitrogen and oxygen atoms in total. The summed E-state index contributed by atoms with van der Waals surface area (Å²) >= 11 is 17.6. The third kappa shape index (κ3) is 3.77. The molecule has 2 aromatic carbocycles. The zero-order valence-corrected chi connectivity index (χ0v) is 11.9. The fraction of sp³-hybridized carbons (Fsp3) is 0. The molecular weight excluding hydrogens is 307 g/mol. The van der Waals surface area contributed by atoms with Gasteiger partial charge in [0.2, 0.25) is 0 Å². The van der Waals surface area contributed by atoms with Crippen molar-refractivity contribution in [2.75, 3.05) is 10.6 Å². The largest absolute Gasteiger partial charge is 0.323 e. The second-order valence-electron chi connectivity index (χ2n) is 3.70. The number of hydrogen-bond acceptors (Lipinski definition) is 1. The van der Waals surface area contributed by atoms with E-state index in [0.717, 1.165) is 0 Å². The van der Waals surface area contributed by atoms with Gasteiger partial charge in [0.05, 0.1) is 15.1 Å². The molecule has 0 spiro atoms. The van der Waals surface area contributed by atoms with E-state index in [1.807, 2.05) is 18.2 Å². The van der Waals surface area contributed by atoms with Crippen molar-refractivity contribution in [3.8, 4) is 0 Å². The highest BCUT2D eigenvalue weighted by Crippen LogP contribution is 2.33. The number of urea groups is 1. The fourth-order valence-corrected chi connectivity index (χ4v) is 2.04. The number of nitrogens with one attached hydrogen (secondary N) is 2. The average Bonchev–Trinajstić information content (AvgIpc) is 2.37. The van der Waals surface area contributed by atoms with Crippen molar-refractivity contribution in [1.82, 2.24) is 0 Å². The highest BCUT2D eigenvalue weighted by Gasteiger charge is 2.08. The van der Waals surface area contributed by atoms with Crippen LogP contribution >= 0.6 is 34.8 Å². The molecule has 2 N–H and O–H groups in total. The molecule has 2 rings (SSSR count). The second kappa shape index (κ2) is 6.15. The molecule has 2 amide bonds. The molecule has 0 saturated carbocycles. The molecule has 2 aromatic rings. The van der Waals surface area contributed by atoms with Gasteiger partial charge in [-0.2, -0.15) is 0 Å². The molecule has 0 saturated heterocycles. The Morgan fingerprint density at radius 2 is 1.37 bits per heavy atom. The van der Waals surface area contributed by atoms with Crippen LogP contribution in [0.4, 0.5) is 16.2 Å². The highest BCUT2D eigenvalue weighted by atomic mass is 35.5. The van der Waals surface area contributed by atoms with Gasteiger partial charge in [0, 0.05) is 11.4 Å². The molecule has 0 bridgehead atoms. The van der Waals surface area contributed by atoms with Crippen LogP contribution in [0.5, 0.6) is 0 Å². The molecular formula is C13H9Cl3N2O. The quantitative estimate of drug-likeness (QED) is 0.726. The van der Waals surface area contributed by atoms with Crippen molar-refractivity contribution in [3.63, 3.8) is 0 Å². The molecule has 0 atom stereocenters. The third-order valence-electron chi connectivity index (χ3n) is 2.27. The summed E-state index contributed by atoms with van der Waals surface area (Å²) in [5.74, 6) is 0. The first kappa shape index (κ1) is 14.0. The van der Waals surface area contributed by atoms with Gasteiger partial charge in [0.25, 0.3) is 0 Å². The van der Waals surface area contributed by atoms with Gasteiger partial charge in [-0.15, -0.1) is 0 Å². The van der Waals surface area contributed by atoms with Gasteiger partial charge < -0.3 is 10.6 Å². The Kier molecular flexibility index (Phi) is 4.53. The number of rotatable bonds is 2. The molecule has 0 aliphatic heterocycles. The maximum Gasteiger partial charge on any atom is 0.323 e. The minimum absolute atomic E-state index is 0.261. The molecule has 0 aromatic heterocycles. The molecule has 19 heavy (non-hydrogen) atoms. The third-order valence-corrected chi connectivity index (χ3v) is 3.47. The Morgan fingerprint density at radius 3 is 1.95 bits per heavy atom. The Hall–Kier alpha value is -1.42. The normalized spacial score (nSPS) is 10.1. The number of para-hydroxylation sites is 1. The zero-order chi connectivity index (χ0) is 13.8. The lowest BCUT2D eigenvalue weighted by molar-refractivity contribution is 0.262. The van der Waals surface area contributed by atoms with E-state index >= 15 is 0 Å². The van der Waals surface area contributed by atoms with Gasteiger partial charge in [-0.25, -0.2) is 4.79 Å². The van der Waals surface area contributed by atoms with E-state index in [9.17, 15) is 4.79 Å². The monoisotopic (exact) mass is 314 g/mol. The number of amides is 2. The van der Waals surface area contributed by atoms with Crippen LogP contribution in [0.15, 0.2) is 42.5 Å². The summed E-state index contributed by atoms with van der Waals surface area (Å²) in [4.78, 5) is 11.7. The van der Waals surface area contributed by atoms with Crippen LogP contribution in [0.3, 0.4) is 0 Å². The van der Waals surface area contributed by atoms with Crippen LogP contribution in [-0.4, -0.2) is 6.03 Å². The molecule has 0 radical (unpaired) electrons. The van der Waals surface area contributed by atoms with Crippen LogP contribution in [0, 0.1) is 0 Å². The topological polar surface area (TPSA) is 41.1 Å².